The number of aromatic nitrogens is 2. The molecule has 0 bridgehead atoms. The summed E-state index contributed by atoms with van der Waals surface area (Å²) in [6, 6.07) is 0. The van der Waals surface area contributed by atoms with Crippen molar-refractivity contribution in [2.45, 2.75) is 32.8 Å². The van der Waals surface area contributed by atoms with E-state index in [1.807, 2.05) is 13.8 Å². The van der Waals surface area contributed by atoms with Crippen LogP contribution in [0.3, 0.4) is 0 Å². The lowest BCUT2D eigenvalue weighted by molar-refractivity contribution is 0.0928. The van der Waals surface area contributed by atoms with Gasteiger partial charge >= 0.3 is 11.8 Å². The predicted octanol–water partition coefficient (Wildman–Crippen LogP) is 0.849. The van der Waals surface area contributed by atoms with E-state index in [0.717, 1.165) is 0 Å². The third kappa shape index (κ3) is 3.02. The van der Waals surface area contributed by atoms with E-state index in [0.29, 0.717) is 23.6 Å². The molecule has 0 aromatic carbocycles. The van der Waals surface area contributed by atoms with Gasteiger partial charge in [-0.25, -0.2) is 14.2 Å². The maximum absolute atomic E-state index is 12.9. The molecule has 0 spiro atoms. The highest BCUT2D eigenvalue weighted by atomic mass is 19.1. The largest absolute Gasteiger partial charge is 0.446 e. The van der Waals surface area contributed by atoms with Gasteiger partial charge in [0, 0.05) is 0 Å². The van der Waals surface area contributed by atoms with Crippen LogP contribution in [0.5, 0.6) is 0 Å². The highest BCUT2D eigenvalue weighted by Crippen LogP contribution is 2.03. The standard InChI is InChI=1S/C10H13FN2O4/c1-3-6(4-2)17-10(16)13-5-7(11)8(14)12-9(13)15/h5-6H,3-4H2,1-2H3,(H,12,14,15). The van der Waals surface area contributed by atoms with Crippen molar-refractivity contribution in [3.8, 4) is 0 Å². The molecular formula is C10H13FN2O4. The number of nitrogens with one attached hydrogen (secondary N) is 1. The quantitative estimate of drug-likeness (QED) is 0.854. The van der Waals surface area contributed by atoms with E-state index >= 15 is 0 Å². The van der Waals surface area contributed by atoms with Crippen LogP contribution in [0.2, 0.25) is 0 Å². The second-order valence-electron chi connectivity index (χ2n) is 3.43. The second kappa shape index (κ2) is 5.42. The summed E-state index contributed by atoms with van der Waals surface area (Å²) in [6.45, 7) is 3.63. The highest BCUT2D eigenvalue weighted by molar-refractivity contribution is 5.70. The maximum atomic E-state index is 12.9. The first kappa shape index (κ1) is 13.1. The Balaban J connectivity index is 3.01. The Morgan fingerprint density at radius 2 is 2.06 bits per heavy atom. The van der Waals surface area contributed by atoms with Crippen molar-refractivity contribution < 1.29 is 13.9 Å². The molecule has 0 fully saturated rings. The van der Waals surface area contributed by atoms with E-state index in [-0.39, 0.29) is 6.10 Å². The fraction of sp³-hybridized carbons (Fsp3) is 0.500. The lowest BCUT2D eigenvalue weighted by atomic mass is 10.2. The molecule has 0 unspecified atom stereocenters. The minimum absolute atomic E-state index is 0.343. The molecule has 0 amide bonds. The van der Waals surface area contributed by atoms with Gasteiger partial charge in [0.05, 0.1) is 6.20 Å². The molecule has 1 heterocycles. The van der Waals surface area contributed by atoms with Gasteiger partial charge in [0.25, 0.3) is 5.56 Å². The summed E-state index contributed by atoms with van der Waals surface area (Å²) in [5.74, 6) is -1.22. The Bertz CT molecular complexity index is 516. The average Bonchev–Trinajstić information content (AvgIpc) is 2.30. The first-order valence-electron chi connectivity index (χ1n) is 5.22. The molecule has 0 saturated heterocycles. The molecule has 1 rings (SSSR count). The van der Waals surface area contributed by atoms with Crippen molar-refractivity contribution in [3.05, 3.63) is 32.9 Å². The molecule has 6 nitrogen and oxygen atoms in total. The summed E-state index contributed by atoms with van der Waals surface area (Å²) in [4.78, 5) is 35.2. The fourth-order valence-electron chi connectivity index (χ4n) is 1.24. The van der Waals surface area contributed by atoms with Crippen molar-refractivity contribution in [1.82, 2.24) is 9.55 Å². The van der Waals surface area contributed by atoms with E-state index in [4.69, 9.17) is 4.74 Å². The van der Waals surface area contributed by atoms with Gasteiger partial charge in [-0.1, -0.05) is 13.8 Å². The molecule has 7 heteroatoms. The SMILES string of the molecule is CCC(CC)OC(=O)n1cc(F)c(=O)[nH]c1=O. The second-order valence-corrected chi connectivity index (χ2v) is 3.43. The number of rotatable bonds is 3. The Labute approximate surface area is 96.0 Å². The summed E-state index contributed by atoms with van der Waals surface area (Å²) < 4.78 is 18.3. The molecule has 17 heavy (non-hydrogen) atoms. The van der Waals surface area contributed by atoms with E-state index in [2.05, 4.69) is 0 Å². The Hall–Kier alpha value is -1.92. The molecule has 0 radical (unpaired) electrons. The van der Waals surface area contributed by atoms with Crippen LogP contribution in [0.4, 0.5) is 9.18 Å². The smallest absolute Gasteiger partial charge is 0.422 e. The van der Waals surface area contributed by atoms with Crippen LogP contribution in [-0.2, 0) is 4.74 Å². The molecule has 0 aliphatic heterocycles. The van der Waals surface area contributed by atoms with Crippen molar-refractivity contribution in [2.24, 2.45) is 0 Å². The zero-order chi connectivity index (χ0) is 13.0. The molecule has 1 aromatic rings. The number of nitrogens with zero attached hydrogens (tertiary/aromatic N) is 1. The summed E-state index contributed by atoms with van der Waals surface area (Å²) in [7, 11) is 0. The molecule has 0 aliphatic carbocycles. The summed E-state index contributed by atoms with van der Waals surface area (Å²) in [5.41, 5.74) is -2.19. The zero-order valence-electron chi connectivity index (χ0n) is 9.53. The fourth-order valence-corrected chi connectivity index (χ4v) is 1.24. The summed E-state index contributed by atoms with van der Waals surface area (Å²) in [6.07, 6.45) is 0.348. The Morgan fingerprint density at radius 1 is 1.47 bits per heavy atom. The molecule has 94 valence electrons. The first-order valence-corrected chi connectivity index (χ1v) is 5.22. The van der Waals surface area contributed by atoms with Crippen LogP contribution in [0.15, 0.2) is 15.8 Å². The number of carbonyl (C=O) groups excluding carboxylic acids is 1. The Kier molecular flexibility index (Phi) is 4.19. The molecule has 0 aliphatic rings. The van der Waals surface area contributed by atoms with E-state index < -0.39 is 23.2 Å². The number of ether oxygens (including phenoxy) is 1. The molecular weight excluding hydrogens is 231 g/mol. The third-order valence-electron chi connectivity index (χ3n) is 2.27. The number of carbonyl (C=O) groups is 1. The summed E-state index contributed by atoms with van der Waals surface area (Å²) >= 11 is 0. The average molecular weight is 244 g/mol. The minimum atomic E-state index is -1.22. The number of aromatic amines is 1. The van der Waals surface area contributed by atoms with Crippen LogP contribution in [0.25, 0.3) is 0 Å². The van der Waals surface area contributed by atoms with Gasteiger partial charge in [0.2, 0.25) is 5.82 Å². The van der Waals surface area contributed by atoms with Crippen molar-refractivity contribution >= 4 is 6.09 Å². The number of halogens is 1. The molecule has 0 saturated carbocycles. The van der Waals surface area contributed by atoms with Gasteiger partial charge < -0.3 is 4.74 Å². The van der Waals surface area contributed by atoms with Gasteiger partial charge in [-0.05, 0) is 12.8 Å². The number of H-pyrrole nitrogens is 1. The van der Waals surface area contributed by atoms with Crippen LogP contribution in [0, 0.1) is 5.82 Å². The number of hydrogen-bond acceptors (Lipinski definition) is 4. The van der Waals surface area contributed by atoms with Gasteiger partial charge in [-0.2, -0.15) is 4.39 Å². The van der Waals surface area contributed by atoms with Gasteiger partial charge in [0.1, 0.15) is 6.10 Å². The van der Waals surface area contributed by atoms with Crippen LogP contribution in [-0.4, -0.2) is 21.7 Å². The normalized spacial score (nSPS) is 10.6. The topological polar surface area (TPSA) is 81.2 Å². The first-order chi connectivity index (χ1) is 7.99. The van der Waals surface area contributed by atoms with E-state index in [1.54, 1.807) is 4.98 Å². The van der Waals surface area contributed by atoms with Crippen LogP contribution >= 0.6 is 0 Å². The minimum Gasteiger partial charge on any atom is -0.446 e. The third-order valence-corrected chi connectivity index (χ3v) is 2.27. The lowest BCUT2D eigenvalue weighted by Gasteiger charge is -2.14. The lowest BCUT2D eigenvalue weighted by Crippen LogP contribution is -2.36. The van der Waals surface area contributed by atoms with Crippen LogP contribution < -0.4 is 11.2 Å². The van der Waals surface area contributed by atoms with Crippen LogP contribution in [0.1, 0.15) is 26.7 Å². The predicted molar refractivity (Wildman–Crippen MR) is 57.5 cm³/mol. The van der Waals surface area contributed by atoms with E-state index in [1.165, 1.54) is 0 Å². The molecule has 0 atom stereocenters. The van der Waals surface area contributed by atoms with Gasteiger partial charge in [-0.3, -0.25) is 9.78 Å². The zero-order valence-corrected chi connectivity index (χ0v) is 9.53. The van der Waals surface area contributed by atoms with Crippen molar-refractivity contribution in [3.63, 3.8) is 0 Å². The van der Waals surface area contributed by atoms with Gasteiger partial charge in [-0.15, -0.1) is 0 Å². The Morgan fingerprint density at radius 3 is 2.59 bits per heavy atom. The molecule has 1 aromatic heterocycles. The van der Waals surface area contributed by atoms with Crippen molar-refractivity contribution in [1.29, 1.82) is 0 Å². The van der Waals surface area contributed by atoms with Gasteiger partial charge in [0.15, 0.2) is 0 Å². The summed E-state index contributed by atoms with van der Waals surface area (Å²) in [5, 5.41) is 0. The maximum Gasteiger partial charge on any atom is 0.422 e. The monoisotopic (exact) mass is 244 g/mol. The van der Waals surface area contributed by atoms with Crippen molar-refractivity contribution in [2.75, 3.05) is 0 Å². The highest BCUT2D eigenvalue weighted by Gasteiger charge is 2.15. The molecule has 1 N–H and O–H groups in total. The van der Waals surface area contributed by atoms with E-state index in [9.17, 15) is 18.8 Å². The number of hydrogen-bond donors (Lipinski definition) is 1.